The number of rotatable bonds is 12. The fraction of sp³-hybridized carbons (Fsp3) is 0.500. The summed E-state index contributed by atoms with van der Waals surface area (Å²) in [5.41, 5.74) is 1.64. The maximum absolute atomic E-state index is 11.9. The predicted octanol–water partition coefficient (Wildman–Crippen LogP) is 3.44. The van der Waals surface area contributed by atoms with E-state index in [2.05, 4.69) is 10.3 Å². The second-order valence-electron chi connectivity index (χ2n) is 5.98. The van der Waals surface area contributed by atoms with Gasteiger partial charge in [0, 0.05) is 31.1 Å². The molecule has 1 aromatic heterocycles. The van der Waals surface area contributed by atoms with Gasteiger partial charge in [0.1, 0.15) is 5.76 Å². The molecule has 0 bridgehead atoms. The zero-order chi connectivity index (χ0) is 20.4. The number of aryl methyl sites for hydroxylation is 1. The third kappa shape index (κ3) is 6.45. The summed E-state index contributed by atoms with van der Waals surface area (Å²) >= 11 is 1.51. The van der Waals surface area contributed by atoms with Crippen molar-refractivity contribution in [1.29, 1.82) is 0 Å². The summed E-state index contributed by atoms with van der Waals surface area (Å²) in [5.74, 6) is 3.54. The minimum absolute atomic E-state index is 0.0164. The van der Waals surface area contributed by atoms with Gasteiger partial charge in [-0.15, -0.1) is 11.8 Å². The lowest BCUT2D eigenvalue weighted by molar-refractivity contribution is -0.118. The van der Waals surface area contributed by atoms with Crippen LogP contribution in [0.1, 0.15) is 24.8 Å². The number of carbonyl (C=O) groups is 1. The third-order valence-electron chi connectivity index (χ3n) is 3.99. The molecule has 0 aliphatic rings. The summed E-state index contributed by atoms with van der Waals surface area (Å²) in [6.45, 7) is 5.83. The Morgan fingerprint density at radius 1 is 1.25 bits per heavy atom. The Bertz CT molecular complexity index is 763. The van der Waals surface area contributed by atoms with E-state index in [1.807, 2.05) is 32.0 Å². The van der Waals surface area contributed by atoms with Crippen molar-refractivity contribution in [3.05, 3.63) is 29.7 Å². The van der Waals surface area contributed by atoms with E-state index < -0.39 is 0 Å². The molecule has 0 aliphatic heterocycles. The number of aromatic nitrogens is 1. The zero-order valence-electron chi connectivity index (χ0n) is 16.9. The normalized spacial score (nSPS) is 10.7. The van der Waals surface area contributed by atoms with Gasteiger partial charge in [0.25, 0.3) is 0 Å². The molecule has 1 heterocycles. The van der Waals surface area contributed by atoms with E-state index in [4.69, 9.17) is 18.6 Å². The number of oxazole rings is 1. The van der Waals surface area contributed by atoms with Crippen LogP contribution in [0.4, 0.5) is 0 Å². The Morgan fingerprint density at radius 3 is 2.75 bits per heavy atom. The number of carbonyl (C=O) groups excluding carboxylic acids is 1. The molecular formula is C20H28N2O5S. The molecular weight excluding hydrogens is 380 g/mol. The molecule has 0 aliphatic carbocycles. The molecule has 0 atom stereocenters. The molecule has 0 unspecified atom stereocenters. The first-order chi connectivity index (χ1) is 13.6. The minimum Gasteiger partial charge on any atom is -0.493 e. The Labute approximate surface area is 170 Å². The number of methoxy groups -OCH3 is 2. The van der Waals surface area contributed by atoms with Crippen molar-refractivity contribution >= 4 is 17.7 Å². The number of amides is 1. The number of hydrogen-bond acceptors (Lipinski definition) is 7. The van der Waals surface area contributed by atoms with Crippen LogP contribution < -0.4 is 14.8 Å². The van der Waals surface area contributed by atoms with Crippen molar-refractivity contribution < 1.29 is 23.4 Å². The van der Waals surface area contributed by atoms with E-state index >= 15 is 0 Å². The van der Waals surface area contributed by atoms with Gasteiger partial charge in [-0.05, 0) is 38.5 Å². The molecule has 1 amide bonds. The zero-order valence-corrected chi connectivity index (χ0v) is 17.7. The molecule has 2 rings (SSSR count). The first-order valence-electron chi connectivity index (χ1n) is 9.19. The van der Waals surface area contributed by atoms with Crippen molar-refractivity contribution in [2.75, 3.05) is 39.7 Å². The van der Waals surface area contributed by atoms with E-state index in [1.54, 1.807) is 14.2 Å². The molecule has 0 saturated carbocycles. The summed E-state index contributed by atoms with van der Waals surface area (Å²) in [5, 5.41) is 2.89. The highest BCUT2D eigenvalue weighted by atomic mass is 32.2. The number of hydrogen-bond donors (Lipinski definition) is 1. The van der Waals surface area contributed by atoms with Crippen molar-refractivity contribution in [3.63, 3.8) is 0 Å². The van der Waals surface area contributed by atoms with Crippen LogP contribution in [0, 0.1) is 6.92 Å². The van der Waals surface area contributed by atoms with Gasteiger partial charge in [-0.3, -0.25) is 4.79 Å². The van der Waals surface area contributed by atoms with Gasteiger partial charge in [-0.25, -0.2) is 4.98 Å². The second kappa shape index (κ2) is 11.6. The van der Waals surface area contributed by atoms with Gasteiger partial charge in [0.2, 0.25) is 11.8 Å². The van der Waals surface area contributed by atoms with Crippen LogP contribution >= 0.6 is 11.8 Å². The van der Waals surface area contributed by atoms with Crippen LogP contribution in [0.2, 0.25) is 0 Å². The highest BCUT2D eigenvalue weighted by molar-refractivity contribution is 7.99. The molecule has 0 spiro atoms. The van der Waals surface area contributed by atoms with Crippen LogP contribution in [0.5, 0.6) is 11.5 Å². The van der Waals surface area contributed by atoms with Gasteiger partial charge < -0.3 is 23.9 Å². The Hall–Kier alpha value is -2.19. The quantitative estimate of drug-likeness (QED) is 0.539. The van der Waals surface area contributed by atoms with Crippen LogP contribution in [0.25, 0.3) is 11.5 Å². The van der Waals surface area contributed by atoms with Gasteiger partial charge in [0.05, 0.1) is 25.7 Å². The Morgan fingerprint density at radius 2 is 2.04 bits per heavy atom. The van der Waals surface area contributed by atoms with E-state index in [1.165, 1.54) is 11.8 Å². The van der Waals surface area contributed by atoms with Gasteiger partial charge in [-0.1, -0.05) is 0 Å². The van der Waals surface area contributed by atoms with E-state index in [-0.39, 0.29) is 5.91 Å². The first kappa shape index (κ1) is 22.1. The average molecular weight is 409 g/mol. The summed E-state index contributed by atoms with van der Waals surface area (Å²) in [4.78, 5) is 16.4. The predicted molar refractivity (Wildman–Crippen MR) is 110 cm³/mol. The molecule has 0 fully saturated rings. The molecule has 8 heteroatoms. The van der Waals surface area contributed by atoms with Crippen molar-refractivity contribution in [2.24, 2.45) is 0 Å². The average Bonchev–Trinajstić information content (AvgIpc) is 3.08. The first-order valence-corrected chi connectivity index (χ1v) is 10.3. The maximum Gasteiger partial charge on any atom is 0.230 e. The summed E-state index contributed by atoms with van der Waals surface area (Å²) in [6.07, 6.45) is 0.821. The lowest BCUT2D eigenvalue weighted by atomic mass is 10.2. The molecule has 2 aromatic rings. The van der Waals surface area contributed by atoms with Crippen molar-refractivity contribution in [1.82, 2.24) is 10.3 Å². The number of nitrogens with one attached hydrogen (secondary N) is 1. The Balaban J connectivity index is 1.86. The lowest BCUT2D eigenvalue weighted by Crippen LogP contribution is -2.27. The highest BCUT2D eigenvalue weighted by Crippen LogP contribution is 2.33. The second-order valence-corrected chi connectivity index (χ2v) is 6.97. The standard InChI is InChI=1S/C20H28N2O5S/c1-5-26-10-6-9-21-19(23)13-28-12-16-14(2)27-20(22-16)15-7-8-17(24-3)18(11-15)25-4/h7-8,11H,5-6,9-10,12-13H2,1-4H3,(H,21,23). The van der Waals surface area contributed by atoms with Crippen LogP contribution in [-0.2, 0) is 15.3 Å². The van der Waals surface area contributed by atoms with E-state index in [0.29, 0.717) is 48.7 Å². The van der Waals surface area contributed by atoms with Crippen LogP contribution in [0.15, 0.2) is 22.6 Å². The molecule has 1 aromatic carbocycles. The van der Waals surface area contributed by atoms with Gasteiger partial charge >= 0.3 is 0 Å². The highest BCUT2D eigenvalue weighted by Gasteiger charge is 2.14. The molecule has 154 valence electrons. The van der Waals surface area contributed by atoms with Crippen molar-refractivity contribution in [2.45, 2.75) is 26.0 Å². The summed E-state index contributed by atoms with van der Waals surface area (Å²) in [6, 6.07) is 5.52. The molecule has 0 radical (unpaired) electrons. The topological polar surface area (TPSA) is 82.8 Å². The number of nitrogens with zero attached hydrogens (tertiary/aromatic N) is 1. The molecule has 0 saturated heterocycles. The summed E-state index contributed by atoms with van der Waals surface area (Å²) < 4.78 is 21.6. The lowest BCUT2D eigenvalue weighted by Gasteiger charge is -2.07. The largest absolute Gasteiger partial charge is 0.493 e. The maximum atomic E-state index is 11.9. The molecule has 28 heavy (non-hydrogen) atoms. The van der Waals surface area contributed by atoms with Crippen LogP contribution in [0.3, 0.4) is 0 Å². The van der Waals surface area contributed by atoms with Gasteiger partial charge in [-0.2, -0.15) is 0 Å². The number of ether oxygens (including phenoxy) is 3. The third-order valence-corrected chi connectivity index (χ3v) is 4.93. The SMILES string of the molecule is CCOCCCNC(=O)CSCc1nc(-c2ccc(OC)c(OC)c2)oc1C. The van der Waals surface area contributed by atoms with E-state index in [9.17, 15) is 4.79 Å². The fourth-order valence-corrected chi connectivity index (χ4v) is 3.34. The van der Waals surface area contributed by atoms with Crippen LogP contribution in [-0.4, -0.2) is 50.6 Å². The molecule has 1 N–H and O–H groups in total. The van der Waals surface area contributed by atoms with Gasteiger partial charge in [0.15, 0.2) is 11.5 Å². The molecule has 7 nitrogen and oxygen atoms in total. The fourth-order valence-electron chi connectivity index (χ4n) is 2.49. The monoisotopic (exact) mass is 408 g/mol. The Kier molecular flexibility index (Phi) is 9.16. The summed E-state index contributed by atoms with van der Waals surface area (Å²) in [7, 11) is 3.18. The van der Waals surface area contributed by atoms with Crippen molar-refractivity contribution in [3.8, 4) is 23.0 Å². The minimum atomic E-state index is 0.0164. The number of benzene rings is 1. The van der Waals surface area contributed by atoms with E-state index in [0.717, 1.165) is 23.4 Å². The number of thioether (sulfide) groups is 1. The smallest absolute Gasteiger partial charge is 0.230 e.